The molecule has 2 atom stereocenters. The number of allylic oxidation sites excluding steroid dienone is 2. The van der Waals surface area contributed by atoms with Crippen LogP contribution in [-0.2, 0) is 0 Å². The minimum absolute atomic E-state index is 0.380. The average Bonchev–Trinajstić information content (AvgIpc) is 2.38. The molecular weight excluding hydrogens is 214 g/mol. The van der Waals surface area contributed by atoms with Gasteiger partial charge in [-0.25, -0.2) is 0 Å². The molecule has 2 aliphatic rings. The molecule has 88 valence electrons. The summed E-state index contributed by atoms with van der Waals surface area (Å²) in [5.74, 6) is 1.43. The summed E-state index contributed by atoms with van der Waals surface area (Å²) in [5, 5.41) is 0. The van der Waals surface area contributed by atoms with Gasteiger partial charge in [-0.1, -0.05) is 12.2 Å². The number of primary amides is 1. The zero-order chi connectivity index (χ0) is 11.8. The summed E-state index contributed by atoms with van der Waals surface area (Å²) in [7, 11) is 0. The molecule has 1 aliphatic heterocycles. The molecule has 3 rings (SSSR count). The molecule has 0 bridgehead atoms. The lowest BCUT2D eigenvalue weighted by atomic mass is 9.78. The van der Waals surface area contributed by atoms with E-state index in [9.17, 15) is 4.79 Å². The summed E-state index contributed by atoms with van der Waals surface area (Å²) in [6, 6.07) is 5.46. The first-order valence-corrected chi connectivity index (χ1v) is 5.99. The van der Waals surface area contributed by atoms with Gasteiger partial charge in [-0.05, 0) is 31.0 Å². The Morgan fingerprint density at radius 1 is 1.41 bits per heavy atom. The second-order valence-electron chi connectivity index (χ2n) is 4.72. The number of carbonyl (C=O) groups excluding carboxylic acids is 1. The van der Waals surface area contributed by atoms with Crippen LogP contribution in [0.25, 0.3) is 0 Å². The van der Waals surface area contributed by atoms with Crippen LogP contribution < -0.4 is 10.5 Å². The fourth-order valence-electron chi connectivity index (χ4n) is 2.72. The van der Waals surface area contributed by atoms with E-state index in [1.165, 1.54) is 0 Å². The lowest BCUT2D eigenvalue weighted by molar-refractivity contribution is 0.1000. The Bertz CT molecular complexity index is 493. The Balaban J connectivity index is 2.07. The Hall–Kier alpha value is -1.77. The van der Waals surface area contributed by atoms with Crippen molar-refractivity contribution >= 4 is 5.91 Å². The molecule has 1 aliphatic carbocycles. The Labute approximate surface area is 100 Å². The van der Waals surface area contributed by atoms with E-state index in [-0.39, 0.29) is 5.91 Å². The van der Waals surface area contributed by atoms with Gasteiger partial charge in [0.05, 0.1) is 6.61 Å². The van der Waals surface area contributed by atoms with Crippen LogP contribution >= 0.6 is 0 Å². The number of ether oxygens (including phenoxy) is 1. The summed E-state index contributed by atoms with van der Waals surface area (Å²) >= 11 is 0. The molecule has 1 heterocycles. The van der Waals surface area contributed by atoms with E-state index in [0.717, 1.165) is 30.8 Å². The first kappa shape index (κ1) is 10.4. The highest BCUT2D eigenvalue weighted by Gasteiger charge is 2.30. The number of benzene rings is 1. The lowest BCUT2D eigenvalue weighted by Gasteiger charge is -2.34. The molecule has 1 amide bonds. The van der Waals surface area contributed by atoms with E-state index in [1.54, 1.807) is 6.07 Å². The molecule has 0 saturated heterocycles. The molecule has 0 fully saturated rings. The van der Waals surface area contributed by atoms with Crippen molar-refractivity contribution in [2.75, 3.05) is 6.61 Å². The normalized spacial score (nSPS) is 25.6. The Kier molecular flexibility index (Phi) is 2.39. The van der Waals surface area contributed by atoms with Gasteiger partial charge in [-0.3, -0.25) is 4.79 Å². The monoisotopic (exact) mass is 229 g/mol. The molecule has 0 aromatic heterocycles. The van der Waals surface area contributed by atoms with Gasteiger partial charge in [0.1, 0.15) is 5.75 Å². The third kappa shape index (κ3) is 1.71. The van der Waals surface area contributed by atoms with Crippen LogP contribution in [0.15, 0.2) is 30.4 Å². The van der Waals surface area contributed by atoms with Crippen LogP contribution in [0.3, 0.4) is 0 Å². The molecule has 0 spiro atoms. The van der Waals surface area contributed by atoms with E-state index in [0.29, 0.717) is 17.4 Å². The van der Waals surface area contributed by atoms with E-state index in [4.69, 9.17) is 10.5 Å². The second-order valence-corrected chi connectivity index (χ2v) is 4.72. The Morgan fingerprint density at radius 2 is 2.29 bits per heavy atom. The molecule has 17 heavy (non-hydrogen) atoms. The minimum atomic E-state index is -0.380. The zero-order valence-corrected chi connectivity index (χ0v) is 9.56. The van der Waals surface area contributed by atoms with Crippen LogP contribution in [0.1, 0.15) is 34.7 Å². The first-order chi connectivity index (χ1) is 8.25. The lowest BCUT2D eigenvalue weighted by Crippen LogP contribution is -2.27. The highest BCUT2D eigenvalue weighted by molar-refractivity contribution is 5.93. The van der Waals surface area contributed by atoms with Gasteiger partial charge in [0.2, 0.25) is 5.91 Å². The van der Waals surface area contributed by atoms with Crippen LogP contribution in [-0.4, -0.2) is 12.5 Å². The zero-order valence-electron chi connectivity index (χ0n) is 9.56. The molecule has 1 aromatic carbocycles. The molecule has 0 radical (unpaired) electrons. The van der Waals surface area contributed by atoms with Crippen molar-refractivity contribution in [2.24, 2.45) is 11.7 Å². The maximum Gasteiger partial charge on any atom is 0.248 e. The fraction of sp³-hybridized carbons (Fsp3) is 0.357. The quantitative estimate of drug-likeness (QED) is 0.751. The SMILES string of the molecule is NC(=O)c1ccc2c(c1)C1C=CCCC1CO2. The van der Waals surface area contributed by atoms with E-state index >= 15 is 0 Å². The summed E-state index contributed by atoms with van der Waals surface area (Å²) in [5.41, 5.74) is 6.98. The van der Waals surface area contributed by atoms with Crippen molar-refractivity contribution in [3.8, 4) is 5.75 Å². The molecule has 0 saturated carbocycles. The summed E-state index contributed by atoms with van der Waals surface area (Å²) in [6.45, 7) is 0.776. The summed E-state index contributed by atoms with van der Waals surface area (Å²) in [6.07, 6.45) is 6.73. The Morgan fingerprint density at radius 3 is 3.12 bits per heavy atom. The van der Waals surface area contributed by atoms with Gasteiger partial charge in [0, 0.05) is 23.0 Å². The van der Waals surface area contributed by atoms with Crippen molar-refractivity contribution < 1.29 is 9.53 Å². The van der Waals surface area contributed by atoms with Gasteiger partial charge in [0.15, 0.2) is 0 Å². The van der Waals surface area contributed by atoms with Crippen molar-refractivity contribution in [3.05, 3.63) is 41.5 Å². The van der Waals surface area contributed by atoms with E-state index in [2.05, 4.69) is 12.2 Å². The molecule has 3 heteroatoms. The predicted molar refractivity (Wildman–Crippen MR) is 65.1 cm³/mol. The number of carbonyl (C=O) groups is 1. The van der Waals surface area contributed by atoms with E-state index < -0.39 is 0 Å². The largest absolute Gasteiger partial charge is 0.493 e. The number of rotatable bonds is 1. The van der Waals surface area contributed by atoms with Crippen LogP contribution in [0.4, 0.5) is 0 Å². The van der Waals surface area contributed by atoms with Gasteiger partial charge >= 0.3 is 0 Å². The fourth-order valence-corrected chi connectivity index (χ4v) is 2.72. The van der Waals surface area contributed by atoms with Gasteiger partial charge in [-0.15, -0.1) is 0 Å². The van der Waals surface area contributed by atoms with Gasteiger partial charge < -0.3 is 10.5 Å². The van der Waals surface area contributed by atoms with Crippen LogP contribution in [0, 0.1) is 5.92 Å². The van der Waals surface area contributed by atoms with Crippen molar-refractivity contribution in [2.45, 2.75) is 18.8 Å². The molecule has 1 aromatic rings. The second kappa shape index (κ2) is 3.91. The number of nitrogens with two attached hydrogens (primary N) is 1. The summed E-state index contributed by atoms with van der Waals surface area (Å²) in [4.78, 5) is 11.2. The molecule has 3 nitrogen and oxygen atoms in total. The third-order valence-electron chi connectivity index (χ3n) is 3.66. The van der Waals surface area contributed by atoms with E-state index in [1.807, 2.05) is 12.1 Å². The van der Waals surface area contributed by atoms with Crippen molar-refractivity contribution in [3.63, 3.8) is 0 Å². The summed E-state index contributed by atoms with van der Waals surface area (Å²) < 4.78 is 5.74. The van der Waals surface area contributed by atoms with Crippen molar-refractivity contribution in [1.29, 1.82) is 0 Å². The smallest absolute Gasteiger partial charge is 0.248 e. The molecule has 2 unspecified atom stereocenters. The third-order valence-corrected chi connectivity index (χ3v) is 3.66. The number of fused-ring (bicyclic) bond motifs is 3. The maximum atomic E-state index is 11.2. The highest BCUT2D eigenvalue weighted by atomic mass is 16.5. The highest BCUT2D eigenvalue weighted by Crippen LogP contribution is 2.42. The maximum absolute atomic E-state index is 11.2. The van der Waals surface area contributed by atoms with Crippen LogP contribution in [0.2, 0.25) is 0 Å². The molecule has 2 N–H and O–H groups in total. The van der Waals surface area contributed by atoms with Crippen LogP contribution in [0.5, 0.6) is 5.75 Å². The number of hydrogen-bond acceptors (Lipinski definition) is 2. The molecular formula is C14H15NO2. The minimum Gasteiger partial charge on any atom is -0.493 e. The average molecular weight is 229 g/mol. The number of amides is 1. The standard InChI is InChI=1S/C14H15NO2/c15-14(16)9-5-6-13-12(7-9)11-4-2-1-3-10(11)8-17-13/h2,4-7,10-11H,1,3,8H2,(H2,15,16). The van der Waals surface area contributed by atoms with Gasteiger partial charge in [0.25, 0.3) is 0 Å². The predicted octanol–water partition coefficient (Wildman–Crippen LogP) is 2.23. The van der Waals surface area contributed by atoms with Crippen molar-refractivity contribution in [1.82, 2.24) is 0 Å². The first-order valence-electron chi connectivity index (χ1n) is 5.99. The van der Waals surface area contributed by atoms with Gasteiger partial charge in [-0.2, -0.15) is 0 Å². The number of hydrogen-bond donors (Lipinski definition) is 1. The topological polar surface area (TPSA) is 52.3 Å².